The molecule has 108 valence electrons. The van der Waals surface area contributed by atoms with Crippen molar-refractivity contribution in [2.75, 3.05) is 43.4 Å². The second-order valence-electron chi connectivity index (χ2n) is 4.64. The van der Waals surface area contributed by atoms with Gasteiger partial charge in [0.05, 0.1) is 0 Å². The van der Waals surface area contributed by atoms with E-state index in [0.717, 1.165) is 57.2 Å². The lowest BCUT2D eigenvalue weighted by Gasteiger charge is -2.17. The summed E-state index contributed by atoms with van der Waals surface area (Å²) >= 11 is 0. The van der Waals surface area contributed by atoms with Crippen LogP contribution < -0.4 is 10.6 Å². The van der Waals surface area contributed by atoms with Crippen molar-refractivity contribution in [3.8, 4) is 0 Å². The summed E-state index contributed by atoms with van der Waals surface area (Å²) in [7, 11) is 0. The molecule has 0 fully saturated rings. The first kappa shape index (κ1) is 15.8. The number of nitrogens with one attached hydrogen (secondary N) is 2. The lowest BCUT2D eigenvalue weighted by atomic mass is 10.3. The molecule has 0 unspecified atom stereocenters. The maximum Gasteiger partial charge on any atom is 0.128 e. The summed E-state index contributed by atoms with van der Waals surface area (Å²) in [6.45, 7) is 11.9. The van der Waals surface area contributed by atoms with Gasteiger partial charge in [0.25, 0.3) is 0 Å². The fourth-order valence-electron chi connectivity index (χ4n) is 1.94. The summed E-state index contributed by atoms with van der Waals surface area (Å²) in [4.78, 5) is 6.97. The van der Waals surface area contributed by atoms with E-state index in [4.69, 9.17) is 0 Å². The van der Waals surface area contributed by atoms with Gasteiger partial charge >= 0.3 is 0 Å². The van der Waals surface area contributed by atoms with Crippen LogP contribution in [0.5, 0.6) is 0 Å². The predicted octanol–water partition coefficient (Wildman–Crippen LogP) is 3.05. The zero-order valence-corrected chi connectivity index (χ0v) is 12.6. The smallest absolute Gasteiger partial charge is 0.128 e. The van der Waals surface area contributed by atoms with Crippen molar-refractivity contribution in [1.82, 2.24) is 9.88 Å². The van der Waals surface area contributed by atoms with Crippen LogP contribution in [-0.4, -0.2) is 42.6 Å². The number of hydrogen-bond acceptors (Lipinski definition) is 4. The molecular formula is C15H28N4. The molecule has 19 heavy (non-hydrogen) atoms. The summed E-state index contributed by atoms with van der Waals surface area (Å²) in [5.74, 6) is 1.91. The van der Waals surface area contributed by atoms with Gasteiger partial charge < -0.3 is 15.5 Å². The largest absolute Gasteiger partial charge is 0.370 e. The Labute approximate surface area is 117 Å². The average molecular weight is 264 g/mol. The Kier molecular flexibility index (Phi) is 7.98. The van der Waals surface area contributed by atoms with Gasteiger partial charge in [0.15, 0.2) is 0 Å². The van der Waals surface area contributed by atoms with Crippen LogP contribution in [0, 0.1) is 0 Å². The average Bonchev–Trinajstić information content (AvgIpc) is 2.46. The van der Waals surface area contributed by atoms with Crippen LogP contribution in [0.2, 0.25) is 0 Å². The van der Waals surface area contributed by atoms with Crippen molar-refractivity contribution >= 4 is 11.6 Å². The van der Waals surface area contributed by atoms with Crippen molar-refractivity contribution in [3.63, 3.8) is 0 Å². The van der Waals surface area contributed by atoms with E-state index in [1.807, 2.05) is 18.2 Å². The molecule has 4 nitrogen and oxygen atoms in total. The van der Waals surface area contributed by atoms with Crippen molar-refractivity contribution in [1.29, 1.82) is 0 Å². The molecule has 1 heterocycles. The molecule has 1 aromatic heterocycles. The molecule has 0 amide bonds. The minimum atomic E-state index is 0.954. The Morgan fingerprint density at radius 2 is 1.63 bits per heavy atom. The standard InChI is InChI=1S/C15H28N4/c1-4-11-16-14-9-7-10-15(18-14)17-12-8-13-19(5-2)6-3/h7,9-10H,4-6,8,11-13H2,1-3H3,(H2,16,17,18). The van der Waals surface area contributed by atoms with Crippen LogP contribution >= 0.6 is 0 Å². The van der Waals surface area contributed by atoms with Gasteiger partial charge in [-0.05, 0) is 44.6 Å². The number of anilines is 2. The highest BCUT2D eigenvalue weighted by Crippen LogP contribution is 2.09. The molecule has 0 aliphatic rings. The quantitative estimate of drug-likeness (QED) is 0.637. The van der Waals surface area contributed by atoms with Crippen LogP contribution in [0.1, 0.15) is 33.6 Å². The molecule has 2 N–H and O–H groups in total. The molecule has 0 aliphatic heterocycles. The minimum Gasteiger partial charge on any atom is -0.370 e. The first-order valence-corrected chi connectivity index (χ1v) is 7.47. The molecule has 0 bridgehead atoms. The third-order valence-electron chi connectivity index (χ3n) is 3.16. The van der Waals surface area contributed by atoms with Crippen molar-refractivity contribution < 1.29 is 0 Å². The molecular weight excluding hydrogens is 236 g/mol. The fraction of sp³-hybridized carbons (Fsp3) is 0.667. The second kappa shape index (κ2) is 9.62. The van der Waals surface area contributed by atoms with E-state index in [9.17, 15) is 0 Å². The number of rotatable bonds is 10. The Morgan fingerprint density at radius 1 is 1.00 bits per heavy atom. The minimum absolute atomic E-state index is 0.954. The lowest BCUT2D eigenvalue weighted by molar-refractivity contribution is 0.303. The lowest BCUT2D eigenvalue weighted by Crippen LogP contribution is -2.25. The number of pyridine rings is 1. The van der Waals surface area contributed by atoms with Gasteiger partial charge in [-0.3, -0.25) is 0 Å². The molecule has 4 heteroatoms. The number of aromatic nitrogens is 1. The van der Waals surface area contributed by atoms with Gasteiger partial charge in [0.2, 0.25) is 0 Å². The molecule has 0 atom stereocenters. The van der Waals surface area contributed by atoms with Crippen LogP contribution in [0.25, 0.3) is 0 Å². The summed E-state index contributed by atoms with van der Waals surface area (Å²) in [5, 5.41) is 6.69. The van der Waals surface area contributed by atoms with Crippen molar-refractivity contribution in [3.05, 3.63) is 18.2 Å². The molecule has 1 aromatic rings. The van der Waals surface area contributed by atoms with E-state index in [2.05, 4.69) is 41.3 Å². The Morgan fingerprint density at radius 3 is 2.21 bits per heavy atom. The van der Waals surface area contributed by atoms with Crippen LogP contribution in [0.15, 0.2) is 18.2 Å². The monoisotopic (exact) mass is 264 g/mol. The zero-order valence-electron chi connectivity index (χ0n) is 12.6. The molecule has 0 saturated carbocycles. The fourth-order valence-corrected chi connectivity index (χ4v) is 1.94. The van der Waals surface area contributed by atoms with Gasteiger partial charge in [-0.1, -0.05) is 26.8 Å². The van der Waals surface area contributed by atoms with Gasteiger partial charge in [-0.15, -0.1) is 0 Å². The van der Waals surface area contributed by atoms with Gasteiger partial charge in [-0.2, -0.15) is 0 Å². The Bertz CT molecular complexity index is 337. The third kappa shape index (κ3) is 6.43. The highest BCUT2D eigenvalue weighted by Gasteiger charge is 1.99. The van der Waals surface area contributed by atoms with E-state index < -0.39 is 0 Å². The normalized spacial score (nSPS) is 10.7. The Balaban J connectivity index is 2.28. The van der Waals surface area contributed by atoms with Crippen molar-refractivity contribution in [2.24, 2.45) is 0 Å². The van der Waals surface area contributed by atoms with E-state index in [0.29, 0.717) is 0 Å². The van der Waals surface area contributed by atoms with Crippen molar-refractivity contribution in [2.45, 2.75) is 33.6 Å². The van der Waals surface area contributed by atoms with Crippen LogP contribution in [0.3, 0.4) is 0 Å². The molecule has 0 radical (unpaired) electrons. The topological polar surface area (TPSA) is 40.2 Å². The predicted molar refractivity (Wildman–Crippen MR) is 83.9 cm³/mol. The van der Waals surface area contributed by atoms with Gasteiger partial charge in [0, 0.05) is 13.1 Å². The first-order valence-electron chi connectivity index (χ1n) is 7.47. The SMILES string of the molecule is CCCNc1cccc(NCCCN(CC)CC)n1. The summed E-state index contributed by atoms with van der Waals surface area (Å²) in [6.07, 6.45) is 2.26. The maximum atomic E-state index is 4.53. The van der Waals surface area contributed by atoms with E-state index in [-0.39, 0.29) is 0 Å². The summed E-state index contributed by atoms with van der Waals surface area (Å²) < 4.78 is 0. The van der Waals surface area contributed by atoms with E-state index >= 15 is 0 Å². The highest BCUT2D eigenvalue weighted by atomic mass is 15.1. The Hall–Kier alpha value is -1.29. The molecule has 0 aromatic carbocycles. The van der Waals surface area contributed by atoms with E-state index in [1.54, 1.807) is 0 Å². The molecule has 0 saturated heterocycles. The van der Waals surface area contributed by atoms with Gasteiger partial charge in [-0.25, -0.2) is 4.98 Å². The van der Waals surface area contributed by atoms with E-state index in [1.165, 1.54) is 0 Å². The summed E-state index contributed by atoms with van der Waals surface area (Å²) in [5.41, 5.74) is 0. The number of nitrogens with zero attached hydrogens (tertiary/aromatic N) is 2. The molecule has 1 rings (SSSR count). The molecule has 0 aliphatic carbocycles. The van der Waals surface area contributed by atoms with Crippen LogP contribution in [-0.2, 0) is 0 Å². The third-order valence-corrected chi connectivity index (χ3v) is 3.16. The maximum absolute atomic E-state index is 4.53. The summed E-state index contributed by atoms with van der Waals surface area (Å²) in [6, 6.07) is 6.07. The van der Waals surface area contributed by atoms with Crippen LogP contribution in [0.4, 0.5) is 11.6 Å². The number of hydrogen-bond donors (Lipinski definition) is 2. The molecule has 0 spiro atoms. The van der Waals surface area contributed by atoms with Gasteiger partial charge in [0.1, 0.15) is 11.6 Å². The first-order chi connectivity index (χ1) is 9.30. The second-order valence-corrected chi connectivity index (χ2v) is 4.64. The highest BCUT2D eigenvalue weighted by molar-refractivity contribution is 5.44. The zero-order chi connectivity index (χ0) is 13.9.